The van der Waals surface area contributed by atoms with Crippen molar-refractivity contribution in [3.8, 4) is 0 Å². The van der Waals surface area contributed by atoms with Crippen molar-refractivity contribution in [3.63, 3.8) is 0 Å². The Kier molecular flexibility index (Phi) is 8.59. The second kappa shape index (κ2) is 10.7. The second-order valence-electron chi connectivity index (χ2n) is 8.16. The Balaban J connectivity index is 1.98. The molecule has 6 nitrogen and oxygen atoms in total. The fraction of sp³-hybridized carbons (Fsp3) is 0.636. The summed E-state index contributed by atoms with van der Waals surface area (Å²) in [5.74, 6) is -0.442. The molecule has 1 fully saturated rings. The minimum absolute atomic E-state index is 0.00912. The van der Waals surface area contributed by atoms with Gasteiger partial charge in [-0.25, -0.2) is 4.39 Å². The number of carbonyl (C=O) groups is 2. The van der Waals surface area contributed by atoms with Crippen LogP contribution in [0.15, 0.2) is 24.3 Å². The lowest BCUT2D eigenvalue weighted by molar-refractivity contribution is -0.147. The average molecular weight is 408 g/mol. The topological polar surface area (TPSA) is 61.9 Å². The zero-order chi connectivity index (χ0) is 21.6. The quantitative estimate of drug-likeness (QED) is 0.719. The Morgan fingerprint density at radius 3 is 2.31 bits per heavy atom. The van der Waals surface area contributed by atoms with Crippen LogP contribution in [0.4, 0.5) is 4.39 Å². The van der Waals surface area contributed by atoms with Crippen molar-refractivity contribution in [1.82, 2.24) is 15.1 Å². The summed E-state index contributed by atoms with van der Waals surface area (Å²) in [6.07, 6.45) is 0.142. The number of nitrogens with one attached hydrogen (secondary N) is 1. The lowest BCUT2D eigenvalue weighted by atomic mass is 9.99. The van der Waals surface area contributed by atoms with Gasteiger partial charge in [0, 0.05) is 26.2 Å². The summed E-state index contributed by atoms with van der Waals surface area (Å²) in [7, 11) is 0. The van der Waals surface area contributed by atoms with E-state index in [0.29, 0.717) is 26.2 Å². The SMILES string of the molecule is CCN(CC(=O)NCc1ccc(F)cc1)C(=O)C(C(C)C)N1CC(C)OC(C)C1. The lowest BCUT2D eigenvalue weighted by Crippen LogP contribution is -2.58. The maximum atomic E-state index is 13.3. The van der Waals surface area contributed by atoms with E-state index in [9.17, 15) is 14.0 Å². The number of benzene rings is 1. The fourth-order valence-electron chi connectivity index (χ4n) is 3.87. The normalized spacial score (nSPS) is 21.1. The van der Waals surface area contributed by atoms with E-state index in [4.69, 9.17) is 4.74 Å². The van der Waals surface area contributed by atoms with Crippen LogP contribution in [0.2, 0.25) is 0 Å². The zero-order valence-electron chi connectivity index (χ0n) is 18.2. The standard InChI is InChI=1S/C22H34FN3O3/c1-6-25(14-20(27)24-11-18-7-9-19(23)10-8-18)22(28)21(15(2)3)26-12-16(4)29-17(5)13-26/h7-10,15-17,21H,6,11-14H2,1-5H3,(H,24,27). The summed E-state index contributed by atoms with van der Waals surface area (Å²) in [5.41, 5.74) is 0.811. The monoisotopic (exact) mass is 407 g/mol. The van der Waals surface area contributed by atoms with E-state index in [0.717, 1.165) is 5.56 Å². The van der Waals surface area contributed by atoms with E-state index in [-0.39, 0.29) is 48.3 Å². The van der Waals surface area contributed by atoms with Crippen LogP contribution in [0.1, 0.15) is 40.2 Å². The second-order valence-corrected chi connectivity index (χ2v) is 8.16. The number of hydrogen-bond acceptors (Lipinski definition) is 4. The van der Waals surface area contributed by atoms with Gasteiger partial charge in [0.1, 0.15) is 5.82 Å². The number of nitrogens with zero attached hydrogens (tertiary/aromatic N) is 2. The first-order valence-electron chi connectivity index (χ1n) is 10.4. The van der Waals surface area contributed by atoms with E-state index < -0.39 is 0 Å². The number of halogens is 1. The molecule has 1 heterocycles. The van der Waals surface area contributed by atoms with Gasteiger partial charge in [-0.15, -0.1) is 0 Å². The van der Waals surface area contributed by atoms with Crippen LogP contribution in [-0.2, 0) is 20.9 Å². The Morgan fingerprint density at radius 2 is 1.79 bits per heavy atom. The van der Waals surface area contributed by atoms with Crippen molar-refractivity contribution >= 4 is 11.8 Å². The minimum Gasteiger partial charge on any atom is -0.373 e. The van der Waals surface area contributed by atoms with Crippen molar-refractivity contribution in [2.24, 2.45) is 5.92 Å². The number of likely N-dealkylation sites (N-methyl/N-ethyl adjacent to an activating group) is 1. The zero-order valence-corrected chi connectivity index (χ0v) is 18.2. The molecule has 1 aliphatic rings. The molecule has 1 aromatic rings. The Hall–Kier alpha value is -1.99. The number of hydrogen-bond donors (Lipinski definition) is 1. The van der Waals surface area contributed by atoms with E-state index in [1.54, 1.807) is 17.0 Å². The van der Waals surface area contributed by atoms with Crippen molar-refractivity contribution in [2.45, 2.75) is 59.4 Å². The molecule has 0 spiro atoms. The van der Waals surface area contributed by atoms with Crippen LogP contribution < -0.4 is 5.32 Å². The maximum absolute atomic E-state index is 13.3. The molecule has 0 aromatic heterocycles. The van der Waals surface area contributed by atoms with Crippen LogP contribution in [0.5, 0.6) is 0 Å². The van der Waals surface area contributed by atoms with Gasteiger partial charge in [-0.2, -0.15) is 0 Å². The summed E-state index contributed by atoms with van der Waals surface area (Å²) in [5, 5.41) is 2.81. The summed E-state index contributed by atoms with van der Waals surface area (Å²) in [4.78, 5) is 29.5. The smallest absolute Gasteiger partial charge is 0.240 e. The highest BCUT2D eigenvalue weighted by molar-refractivity contribution is 5.87. The average Bonchev–Trinajstić information content (AvgIpc) is 2.64. The Bertz CT molecular complexity index is 670. The molecule has 3 unspecified atom stereocenters. The maximum Gasteiger partial charge on any atom is 0.240 e. The van der Waals surface area contributed by atoms with Crippen LogP contribution in [0.3, 0.4) is 0 Å². The van der Waals surface area contributed by atoms with Gasteiger partial charge in [0.15, 0.2) is 0 Å². The highest BCUT2D eigenvalue weighted by Crippen LogP contribution is 2.20. The third kappa shape index (κ3) is 6.78. The van der Waals surface area contributed by atoms with Crippen molar-refractivity contribution in [1.29, 1.82) is 0 Å². The van der Waals surface area contributed by atoms with Gasteiger partial charge in [0.2, 0.25) is 11.8 Å². The third-order valence-corrected chi connectivity index (χ3v) is 5.16. The number of ether oxygens (including phenoxy) is 1. The summed E-state index contributed by atoms with van der Waals surface area (Å²) >= 11 is 0. The van der Waals surface area contributed by atoms with Gasteiger partial charge >= 0.3 is 0 Å². The number of amides is 2. The van der Waals surface area contributed by atoms with E-state index >= 15 is 0 Å². The molecule has 3 atom stereocenters. The molecule has 7 heteroatoms. The largest absolute Gasteiger partial charge is 0.373 e. The van der Waals surface area contributed by atoms with Crippen molar-refractivity contribution in [2.75, 3.05) is 26.2 Å². The summed E-state index contributed by atoms with van der Waals surface area (Å²) in [6.45, 7) is 12.2. The van der Waals surface area contributed by atoms with E-state index in [1.165, 1.54) is 12.1 Å². The summed E-state index contributed by atoms with van der Waals surface area (Å²) in [6, 6.07) is 5.71. The van der Waals surface area contributed by atoms with Gasteiger partial charge in [-0.1, -0.05) is 26.0 Å². The first-order chi connectivity index (χ1) is 13.7. The van der Waals surface area contributed by atoms with Gasteiger partial charge in [0.05, 0.1) is 24.8 Å². The van der Waals surface area contributed by atoms with Crippen molar-refractivity contribution in [3.05, 3.63) is 35.6 Å². The van der Waals surface area contributed by atoms with Crippen LogP contribution >= 0.6 is 0 Å². The highest BCUT2D eigenvalue weighted by atomic mass is 19.1. The molecule has 2 rings (SSSR count). The predicted octanol–water partition coefficient (Wildman–Crippen LogP) is 2.42. The molecule has 162 valence electrons. The first kappa shape index (κ1) is 23.3. The van der Waals surface area contributed by atoms with Crippen LogP contribution in [0.25, 0.3) is 0 Å². The Labute approximate surface area is 173 Å². The van der Waals surface area contributed by atoms with Crippen LogP contribution in [-0.4, -0.2) is 66.0 Å². The molecule has 2 amide bonds. The molecule has 0 radical (unpaired) electrons. The van der Waals surface area contributed by atoms with Gasteiger partial charge in [0.25, 0.3) is 0 Å². The number of rotatable bonds is 8. The van der Waals surface area contributed by atoms with Crippen molar-refractivity contribution < 1.29 is 18.7 Å². The molecular weight excluding hydrogens is 373 g/mol. The van der Waals surface area contributed by atoms with Gasteiger partial charge < -0.3 is 15.0 Å². The molecule has 1 N–H and O–H groups in total. The predicted molar refractivity (Wildman–Crippen MR) is 111 cm³/mol. The molecule has 1 saturated heterocycles. The molecule has 29 heavy (non-hydrogen) atoms. The van der Waals surface area contributed by atoms with E-state index in [2.05, 4.69) is 10.2 Å². The van der Waals surface area contributed by atoms with Gasteiger partial charge in [-0.3, -0.25) is 14.5 Å². The Morgan fingerprint density at radius 1 is 1.21 bits per heavy atom. The minimum atomic E-state index is -0.311. The molecule has 1 aliphatic heterocycles. The molecule has 0 aliphatic carbocycles. The third-order valence-electron chi connectivity index (χ3n) is 5.16. The highest BCUT2D eigenvalue weighted by Gasteiger charge is 2.36. The molecule has 1 aromatic carbocycles. The number of morpholine rings is 1. The van der Waals surface area contributed by atoms with Crippen LogP contribution in [0, 0.1) is 11.7 Å². The van der Waals surface area contributed by atoms with Gasteiger partial charge in [-0.05, 0) is 44.4 Å². The number of carbonyl (C=O) groups excluding carboxylic acids is 2. The first-order valence-corrected chi connectivity index (χ1v) is 10.4. The molecule has 0 bridgehead atoms. The molecule has 0 saturated carbocycles. The molecular formula is C22H34FN3O3. The lowest BCUT2D eigenvalue weighted by Gasteiger charge is -2.42. The van der Waals surface area contributed by atoms with E-state index in [1.807, 2.05) is 34.6 Å². The summed E-state index contributed by atoms with van der Waals surface area (Å²) < 4.78 is 18.8. The fourth-order valence-corrected chi connectivity index (χ4v) is 3.87.